The number of hydrogen-bond acceptors (Lipinski definition) is 3. The van der Waals surface area contributed by atoms with Crippen molar-refractivity contribution in [3.05, 3.63) is 46.8 Å². The van der Waals surface area contributed by atoms with Gasteiger partial charge in [0.15, 0.2) is 0 Å². The van der Waals surface area contributed by atoms with Crippen LogP contribution in [0.1, 0.15) is 28.8 Å². The quantitative estimate of drug-likeness (QED) is 0.804. The first-order valence-corrected chi connectivity index (χ1v) is 8.44. The number of hydrogen-bond donors (Lipinski definition) is 2. The van der Waals surface area contributed by atoms with Gasteiger partial charge in [-0.3, -0.25) is 5.10 Å². The van der Waals surface area contributed by atoms with Gasteiger partial charge in [0.25, 0.3) is 0 Å². The molecule has 5 nitrogen and oxygen atoms in total. The Labute approximate surface area is 125 Å². The second kappa shape index (κ2) is 6.41. The average molecular weight is 307 g/mol. The SMILES string of the molecule is Cc1ccc(S(=O)(=O)NCCCc2cn[nH]c2C)cc1C. The molecular formula is C15H21N3O2S. The predicted octanol–water partition coefficient (Wildman–Crippen LogP) is 2.25. The second-order valence-corrected chi connectivity index (χ2v) is 7.03. The van der Waals surface area contributed by atoms with E-state index in [1.165, 1.54) is 0 Å². The summed E-state index contributed by atoms with van der Waals surface area (Å²) in [5, 5.41) is 6.83. The molecule has 0 unspecified atom stereocenters. The minimum atomic E-state index is -3.42. The molecule has 0 saturated heterocycles. The molecule has 0 atom stereocenters. The van der Waals surface area contributed by atoms with Crippen LogP contribution in [0.15, 0.2) is 29.3 Å². The van der Waals surface area contributed by atoms with Crippen LogP contribution in [0, 0.1) is 20.8 Å². The molecule has 1 aromatic heterocycles. The maximum absolute atomic E-state index is 12.2. The number of sulfonamides is 1. The van der Waals surface area contributed by atoms with Gasteiger partial charge in [-0.05, 0) is 62.4 Å². The molecule has 0 aliphatic carbocycles. The molecule has 6 heteroatoms. The zero-order chi connectivity index (χ0) is 15.5. The Bertz CT molecular complexity index is 720. The fourth-order valence-corrected chi connectivity index (χ4v) is 3.24. The first-order chi connectivity index (χ1) is 9.90. The molecule has 0 fully saturated rings. The highest BCUT2D eigenvalue weighted by atomic mass is 32.2. The molecule has 2 aromatic rings. The number of aromatic nitrogens is 2. The highest BCUT2D eigenvalue weighted by Gasteiger charge is 2.13. The molecule has 0 aliphatic rings. The molecule has 0 aliphatic heterocycles. The van der Waals surface area contributed by atoms with Crippen molar-refractivity contribution in [1.82, 2.24) is 14.9 Å². The van der Waals surface area contributed by atoms with Crippen molar-refractivity contribution < 1.29 is 8.42 Å². The van der Waals surface area contributed by atoms with Crippen LogP contribution in [0.2, 0.25) is 0 Å². The molecule has 2 N–H and O–H groups in total. The number of nitrogens with zero attached hydrogens (tertiary/aromatic N) is 1. The Hall–Kier alpha value is -1.66. The zero-order valence-corrected chi connectivity index (χ0v) is 13.4. The van der Waals surface area contributed by atoms with E-state index in [2.05, 4.69) is 14.9 Å². The molecule has 1 heterocycles. The molecule has 0 spiro atoms. The van der Waals surface area contributed by atoms with E-state index in [0.29, 0.717) is 11.4 Å². The number of benzene rings is 1. The van der Waals surface area contributed by atoms with Gasteiger partial charge in [0.05, 0.1) is 11.1 Å². The Morgan fingerprint density at radius 3 is 2.57 bits per heavy atom. The molecule has 114 valence electrons. The fraction of sp³-hybridized carbons (Fsp3) is 0.400. The molecule has 1 aromatic carbocycles. The second-order valence-electron chi connectivity index (χ2n) is 5.27. The van der Waals surface area contributed by atoms with Crippen LogP contribution in [-0.2, 0) is 16.4 Å². The third-order valence-corrected chi connectivity index (χ3v) is 5.10. The van der Waals surface area contributed by atoms with Crippen molar-refractivity contribution in [2.24, 2.45) is 0 Å². The van der Waals surface area contributed by atoms with Crippen LogP contribution in [0.5, 0.6) is 0 Å². The van der Waals surface area contributed by atoms with Crippen LogP contribution in [0.4, 0.5) is 0 Å². The minimum absolute atomic E-state index is 0.324. The van der Waals surface area contributed by atoms with E-state index >= 15 is 0 Å². The lowest BCUT2D eigenvalue weighted by atomic mass is 10.1. The van der Waals surface area contributed by atoms with Gasteiger partial charge in [0.2, 0.25) is 10.0 Å². The first kappa shape index (κ1) is 15.7. The maximum atomic E-state index is 12.2. The summed E-state index contributed by atoms with van der Waals surface area (Å²) in [6.45, 7) is 6.25. The van der Waals surface area contributed by atoms with Crippen LogP contribution in [0.25, 0.3) is 0 Å². The van der Waals surface area contributed by atoms with Crippen molar-refractivity contribution in [2.45, 2.75) is 38.5 Å². The van der Waals surface area contributed by atoms with Crippen molar-refractivity contribution >= 4 is 10.0 Å². The van der Waals surface area contributed by atoms with Crippen LogP contribution in [-0.4, -0.2) is 25.2 Å². The van der Waals surface area contributed by atoms with Gasteiger partial charge in [0, 0.05) is 12.2 Å². The van der Waals surface area contributed by atoms with Crippen molar-refractivity contribution in [2.75, 3.05) is 6.54 Å². The Kier molecular flexibility index (Phi) is 4.80. The first-order valence-electron chi connectivity index (χ1n) is 6.96. The van der Waals surface area contributed by atoms with Gasteiger partial charge in [-0.15, -0.1) is 0 Å². The third-order valence-electron chi connectivity index (χ3n) is 3.64. The maximum Gasteiger partial charge on any atom is 0.240 e. The fourth-order valence-electron chi connectivity index (χ4n) is 2.08. The van der Waals surface area contributed by atoms with Gasteiger partial charge in [0.1, 0.15) is 0 Å². The van der Waals surface area contributed by atoms with E-state index in [-0.39, 0.29) is 0 Å². The third kappa shape index (κ3) is 3.92. The molecular weight excluding hydrogens is 286 g/mol. The largest absolute Gasteiger partial charge is 0.283 e. The average Bonchev–Trinajstić information content (AvgIpc) is 2.83. The lowest BCUT2D eigenvalue weighted by Gasteiger charge is -2.08. The monoisotopic (exact) mass is 307 g/mol. The Morgan fingerprint density at radius 1 is 1.19 bits per heavy atom. The molecule has 0 radical (unpaired) electrons. The number of aromatic amines is 1. The van der Waals surface area contributed by atoms with Crippen molar-refractivity contribution in [1.29, 1.82) is 0 Å². The summed E-state index contributed by atoms with van der Waals surface area (Å²) in [6, 6.07) is 5.18. The van der Waals surface area contributed by atoms with Crippen LogP contribution >= 0.6 is 0 Å². The van der Waals surface area contributed by atoms with E-state index in [4.69, 9.17) is 0 Å². The van der Waals surface area contributed by atoms with E-state index in [0.717, 1.165) is 35.2 Å². The van der Waals surface area contributed by atoms with Gasteiger partial charge in [-0.1, -0.05) is 6.07 Å². The number of rotatable bonds is 6. The molecule has 2 rings (SSSR count). The summed E-state index contributed by atoms with van der Waals surface area (Å²) in [4.78, 5) is 0.324. The van der Waals surface area contributed by atoms with Crippen molar-refractivity contribution in [3.63, 3.8) is 0 Å². The van der Waals surface area contributed by atoms with Crippen molar-refractivity contribution in [3.8, 4) is 0 Å². The molecule has 0 amide bonds. The highest BCUT2D eigenvalue weighted by Crippen LogP contribution is 2.14. The summed E-state index contributed by atoms with van der Waals surface area (Å²) in [6.07, 6.45) is 3.33. The Balaban J connectivity index is 1.92. The smallest absolute Gasteiger partial charge is 0.240 e. The summed E-state index contributed by atoms with van der Waals surface area (Å²) in [7, 11) is -3.42. The van der Waals surface area contributed by atoms with Gasteiger partial charge in [-0.2, -0.15) is 5.10 Å². The molecule has 21 heavy (non-hydrogen) atoms. The molecule has 0 bridgehead atoms. The number of aryl methyl sites for hydroxylation is 4. The highest BCUT2D eigenvalue weighted by molar-refractivity contribution is 7.89. The summed E-state index contributed by atoms with van der Waals surface area (Å²) < 4.78 is 27.0. The van der Waals surface area contributed by atoms with E-state index in [1.807, 2.05) is 26.8 Å². The number of nitrogens with one attached hydrogen (secondary N) is 2. The standard InChI is InChI=1S/C15H21N3O2S/c1-11-6-7-15(9-12(11)2)21(19,20)17-8-4-5-14-10-16-18-13(14)3/h6-7,9-10,17H,4-5,8H2,1-3H3,(H,16,18). The van der Waals surface area contributed by atoms with E-state index < -0.39 is 10.0 Å². The van der Waals surface area contributed by atoms with E-state index in [9.17, 15) is 8.42 Å². The Morgan fingerprint density at radius 2 is 1.95 bits per heavy atom. The van der Waals surface area contributed by atoms with E-state index in [1.54, 1.807) is 18.3 Å². The van der Waals surface area contributed by atoms with Gasteiger partial charge in [-0.25, -0.2) is 13.1 Å². The molecule has 0 saturated carbocycles. The van der Waals surface area contributed by atoms with Gasteiger partial charge < -0.3 is 0 Å². The van der Waals surface area contributed by atoms with Crippen LogP contribution < -0.4 is 4.72 Å². The lowest BCUT2D eigenvalue weighted by Crippen LogP contribution is -2.25. The summed E-state index contributed by atoms with van der Waals surface area (Å²) in [5.74, 6) is 0. The topological polar surface area (TPSA) is 74.8 Å². The normalized spacial score (nSPS) is 11.8. The zero-order valence-electron chi connectivity index (χ0n) is 12.6. The van der Waals surface area contributed by atoms with Gasteiger partial charge >= 0.3 is 0 Å². The summed E-state index contributed by atoms with van der Waals surface area (Å²) in [5.41, 5.74) is 4.23. The minimum Gasteiger partial charge on any atom is -0.283 e. The van der Waals surface area contributed by atoms with Crippen LogP contribution in [0.3, 0.4) is 0 Å². The lowest BCUT2D eigenvalue weighted by molar-refractivity contribution is 0.579. The number of H-pyrrole nitrogens is 1. The summed E-state index contributed by atoms with van der Waals surface area (Å²) >= 11 is 0. The predicted molar refractivity (Wildman–Crippen MR) is 82.8 cm³/mol.